The van der Waals surface area contributed by atoms with E-state index in [-0.39, 0.29) is 24.6 Å². The number of hydrogen-bond donors (Lipinski definition) is 0. The number of ether oxygens (including phenoxy) is 3. The second-order valence-electron chi connectivity index (χ2n) is 7.05. The number of rotatable bonds is 5. The van der Waals surface area contributed by atoms with Crippen LogP contribution in [0, 0.1) is 6.92 Å². The van der Waals surface area contributed by atoms with E-state index in [0.29, 0.717) is 23.0 Å². The normalized spacial score (nSPS) is 13.8. The van der Waals surface area contributed by atoms with Crippen molar-refractivity contribution in [2.24, 2.45) is 0 Å². The summed E-state index contributed by atoms with van der Waals surface area (Å²) in [6.07, 6.45) is 0. The molecule has 0 fully saturated rings. The van der Waals surface area contributed by atoms with Crippen LogP contribution in [-0.4, -0.2) is 49.6 Å². The molecule has 0 saturated carbocycles. The number of esters is 2. The summed E-state index contributed by atoms with van der Waals surface area (Å²) in [4.78, 5) is 30.6. The van der Waals surface area contributed by atoms with E-state index in [9.17, 15) is 9.59 Å². The zero-order chi connectivity index (χ0) is 22.7. The first-order valence-corrected chi connectivity index (χ1v) is 9.78. The molecule has 9 heteroatoms. The number of methoxy groups -OCH3 is 2. The highest BCUT2D eigenvalue weighted by atomic mass is 16.5. The topological polar surface area (TPSA) is 104 Å². The lowest BCUT2D eigenvalue weighted by Crippen LogP contribution is -2.38. The second kappa shape index (κ2) is 9.03. The molecule has 0 aliphatic carbocycles. The molecule has 2 heterocycles. The van der Waals surface area contributed by atoms with Crippen LogP contribution in [0.15, 0.2) is 64.3 Å². The molecule has 0 saturated heterocycles. The van der Waals surface area contributed by atoms with Gasteiger partial charge in [-0.3, -0.25) is 0 Å². The monoisotopic (exact) mass is 435 g/mol. The molecule has 0 bridgehead atoms. The average Bonchev–Trinajstić information content (AvgIpc) is 3.33. The van der Waals surface area contributed by atoms with E-state index in [1.54, 1.807) is 29.2 Å². The van der Waals surface area contributed by atoms with E-state index in [1.165, 1.54) is 14.2 Å². The zero-order valence-electron chi connectivity index (χ0n) is 17.8. The van der Waals surface area contributed by atoms with Gasteiger partial charge in [0.2, 0.25) is 5.82 Å². The molecule has 0 atom stereocenters. The molecule has 164 valence electrons. The third kappa shape index (κ3) is 4.10. The first-order chi connectivity index (χ1) is 15.5. The molecule has 0 N–H and O–H groups in total. The lowest BCUT2D eigenvalue weighted by molar-refractivity contribution is -0.140. The molecule has 1 aliphatic heterocycles. The number of carbonyl (C=O) groups excluding carboxylic acids is 2. The fourth-order valence-electron chi connectivity index (χ4n) is 3.29. The SMILES string of the molecule is COC(=O)C1=C(C(=O)OC)N(c2ccc(-c3nc(-c4ccc(C)cc4)no3)cc2)COC1. The Labute approximate surface area is 184 Å². The summed E-state index contributed by atoms with van der Waals surface area (Å²) in [6, 6.07) is 14.9. The number of anilines is 1. The highest BCUT2D eigenvalue weighted by Gasteiger charge is 2.32. The van der Waals surface area contributed by atoms with Crippen molar-refractivity contribution in [3.05, 3.63) is 65.4 Å². The smallest absolute Gasteiger partial charge is 0.355 e. The van der Waals surface area contributed by atoms with Gasteiger partial charge >= 0.3 is 11.9 Å². The van der Waals surface area contributed by atoms with E-state index >= 15 is 0 Å². The summed E-state index contributed by atoms with van der Waals surface area (Å²) in [5, 5.41) is 4.05. The maximum absolute atomic E-state index is 12.4. The highest BCUT2D eigenvalue weighted by molar-refractivity contribution is 6.03. The molecule has 4 rings (SSSR count). The first-order valence-electron chi connectivity index (χ1n) is 9.78. The maximum atomic E-state index is 12.4. The summed E-state index contributed by atoms with van der Waals surface area (Å²) < 4.78 is 20.6. The van der Waals surface area contributed by atoms with Crippen LogP contribution in [0.5, 0.6) is 0 Å². The largest absolute Gasteiger partial charge is 0.466 e. The van der Waals surface area contributed by atoms with Crippen molar-refractivity contribution in [1.82, 2.24) is 10.1 Å². The fourth-order valence-corrected chi connectivity index (χ4v) is 3.29. The van der Waals surface area contributed by atoms with Gasteiger partial charge in [-0.15, -0.1) is 0 Å². The molecule has 0 radical (unpaired) electrons. The van der Waals surface area contributed by atoms with Crippen molar-refractivity contribution in [2.75, 3.05) is 32.5 Å². The standard InChI is InChI=1S/C23H21N3O6/c1-14-4-6-15(7-5-14)20-24-21(32-25-20)16-8-10-17(11-9-16)26-13-31-12-18(22(27)29-2)19(26)23(28)30-3/h4-11H,12-13H2,1-3H3. The van der Waals surface area contributed by atoms with Crippen molar-refractivity contribution in [2.45, 2.75) is 6.92 Å². The van der Waals surface area contributed by atoms with Gasteiger partial charge < -0.3 is 23.6 Å². The number of hydrogen-bond acceptors (Lipinski definition) is 9. The van der Waals surface area contributed by atoms with Crippen LogP contribution >= 0.6 is 0 Å². The van der Waals surface area contributed by atoms with E-state index in [4.69, 9.17) is 18.7 Å². The van der Waals surface area contributed by atoms with Crippen molar-refractivity contribution in [3.8, 4) is 22.8 Å². The third-order valence-corrected chi connectivity index (χ3v) is 4.99. The molecule has 3 aromatic rings. The van der Waals surface area contributed by atoms with Gasteiger partial charge in [-0.05, 0) is 31.2 Å². The summed E-state index contributed by atoms with van der Waals surface area (Å²) in [7, 11) is 2.50. The fraction of sp³-hybridized carbons (Fsp3) is 0.217. The Balaban J connectivity index is 1.63. The van der Waals surface area contributed by atoms with Crippen molar-refractivity contribution < 1.29 is 28.3 Å². The predicted octanol–water partition coefficient (Wildman–Crippen LogP) is 3.11. The van der Waals surface area contributed by atoms with E-state index in [1.807, 2.05) is 31.2 Å². The van der Waals surface area contributed by atoms with Gasteiger partial charge in [0.1, 0.15) is 12.4 Å². The number of carbonyl (C=O) groups is 2. The van der Waals surface area contributed by atoms with Crippen LogP contribution in [0.4, 0.5) is 5.69 Å². The molecule has 0 amide bonds. The van der Waals surface area contributed by atoms with Gasteiger partial charge in [-0.1, -0.05) is 35.0 Å². The van der Waals surface area contributed by atoms with Gasteiger partial charge in [0, 0.05) is 16.8 Å². The minimum Gasteiger partial charge on any atom is -0.466 e. The van der Waals surface area contributed by atoms with Gasteiger partial charge in [0.15, 0.2) is 0 Å². The van der Waals surface area contributed by atoms with E-state index < -0.39 is 11.9 Å². The van der Waals surface area contributed by atoms with Gasteiger partial charge in [0.25, 0.3) is 5.89 Å². The van der Waals surface area contributed by atoms with Gasteiger partial charge in [0.05, 0.1) is 26.4 Å². The predicted molar refractivity (Wildman–Crippen MR) is 114 cm³/mol. The number of aromatic nitrogens is 2. The van der Waals surface area contributed by atoms with Gasteiger partial charge in [-0.25, -0.2) is 9.59 Å². The van der Waals surface area contributed by atoms with Crippen LogP contribution < -0.4 is 4.90 Å². The molecule has 0 spiro atoms. The Kier molecular flexibility index (Phi) is 6.00. The Morgan fingerprint density at radius 2 is 1.59 bits per heavy atom. The Bertz CT molecular complexity index is 1170. The third-order valence-electron chi connectivity index (χ3n) is 4.99. The summed E-state index contributed by atoms with van der Waals surface area (Å²) in [6.45, 7) is 2.03. The molecule has 0 unspecified atom stereocenters. The molecule has 1 aromatic heterocycles. The van der Waals surface area contributed by atoms with Gasteiger partial charge in [-0.2, -0.15) is 4.98 Å². The van der Waals surface area contributed by atoms with E-state index in [2.05, 4.69) is 10.1 Å². The van der Waals surface area contributed by atoms with Crippen molar-refractivity contribution in [3.63, 3.8) is 0 Å². The summed E-state index contributed by atoms with van der Waals surface area (Å²) in [5.74, 6) is -0.452. The van der Waals surface area contributed by atoms with Crippen molar-refractivity contribution >= 4 is 17.6 Å². The number of benzene rings is 2. The molecular weight excluding hydrogens is 414 g/mol. The summed E-state index contributed by atoms with van der Waals surface area (Å²) >= 11 is 0. The first kappa shape index (κ1) is 21.3. The minimum atomic E-state index is -0.655. The van der Waals surface area contributed by atoms with Crippen LogP contribution in [0.2, 0.25) is 0 Å². The average molecular weight is 435 g/mol. The lowest BCUT2D eigenvalue weighted by atomic mass is 10.1. The number of aryl methyl sites for hydroxylation is 1. The summed E-state index contributed by atoms with van der Waals surface area (Å²) in [5.41, 5.74) is 3.50. The molecular formula is C23H21N3O6. The molecule has 9 nitrogen and oxygen atoms in total. The zero-order valence-corrected chi connectivity index (χ0v) is 17.8. The van der Waals surface area contributed by atoms with Crippen LogP contribution in [0.1, 0.15) is 5.56 Å². The molecule has 2 aromatic carbocycles. The van der Waals surface area contributed by atoms with Crippen LogP contribution in [0.25, 0.3) is 22.8 Å². The van der Waals surface area contributed by atoms with E-state index in [0.717, 1.165) is 11.1 Å². The minimum absolute atomic E-state index is 0.0462. The quantitative estimate of drug-likeness (QED) is 0.559. The highest BCUT2D eigenvalue weighted by Crippen LogP contribution is 2.29. The maximum Gasteiger partial charge on any atom is 0.355 e. The van der Waals surface area contributed by atoms with Crippen LogP contribution in [0.3, 0.4) is 0 Å². The molecule has 32 heavy (non-hydrogen) atoms. The Morgan fingerprint density at radius 3 is 2.25 bits per heavy atom. The molecule has 1 aliphatic rings. The van der Waals surface area contributed by atoms with Crippen LogP contribution in [-0.2, 0) is 23.8 Å². The Morgan fingerprint density at radius 1 is 0.938 bits per heavy atom. The lowest BCUT2D eigenvalue weighted by Gasteiger charge is -2.31. The second-order valence-corrected chi connectivity index (χ2v) is 7.05. The van der Waals surface area contributed by atoms with Crippen molar-refractivity contribution in [1.29, 1.82) is 0 Å². The number of nitrogens with zero attached hydrogens (tertiary/aromatic N) is 3. The Hall–Kier alpha value is -3.98.